The van der Waals surface area contributed by atoms with Crippen LogP contribution < -0.4 is 21.7 Å². The first kappa shape index (κ1) is 28.8. The third-order valence-corrected chi connectivity index (χ3v) is 4.31. The van der Waals surface area contributed by atoms with Crippen LogP contribution in [0.2, 0.25) is 0 Å². The number of aliphatic carboxylic acids is 3. The van der Waals surface area contributed by atoms with Gasteiger partial charge < -0.3 is 37.0 Å². The molecular formula is C19H32N4O9. The maximum absolute atomic E-state index is 12.6. The highest BCUT2D eigenvalue weighted by atomic mass is 16.4. The summed E-state index contributed by atoms with van der Waals surface area (Å²) >= 11 is 0. The molecule has 0 aliphatic heterocycles. The second kappa shape index (κ2) is 13.2. The monoisotopic (exact) mass is 460 g/mol. The second-order valence-electron chi connectivity index (χ2n) is 8.12. The van der Waals surface area contributed by atoms with Gasteiger partial charge in [0.05, 0.1) is 18.9 Å². The Labute approximate surface area is 185 Å². The molecule has 13 nitrogen and oxygen atoms in total. The van der Waals surface area contributed by atoms with E-state index in [0.717, 1.165) is 0 Å². The highest BCUT2D eigenvalue weighted by Gasteiger charge is 2.33. The van der Waals surface area contributed by atoms with Gasteiger partial charge in [-0.1, -0.05) is 27.7 Å². The van der Waals surface area contributed by atoms with Gasteiger partial charge >= 0.3 is 17.9 Å². The molecule has 8 N–H and O–H groups in total. The summed E-state index contributed by atoms with van der Waals surface area (Å²) in [6.07, 6.45) is -1.44. The number of nitrogens with two attached hydrogens (primary N) is 1. The van der Waals surface area contributed by atoms with Crippen molar-refractivity contribution in [1.82, 2.24) is 16.0 Å². The third kappa shape index (κ3) is 10.7. The second-order valence-corrected chi connectivity index (χ2v) is 8.12. The molecule has 0 fully saturated rings. The zero-order valence-electron chi connectivity index (χ0n) is 18.5. The van der Waals surface area contributed by atoms with Gasteiger partial charge in [0.15, 0.2) is 0 Å². The topological polar surface area (TPSA) is 225 Å². The summed E-state index contributed by atoms with van der Waals surface area (Å²) in [7, 11) is 0. The average molecular weight is 460 g/mol. The van der Waals surface area contributed by atoms with E-state index in [1.54, 1.807) is 27.7 Å². The van der Waals surface area contributed by atoms with Gasteiger partial charge in [-0.15, -0.1) is 0 Å². The number of carbonyl (C=O) groups excluding carboxylic acids is 3. The highest BCUT2D eigenvalue weighted by molar-refractivity contribution is 5.96. The lowest BCUT2D eigenvalue weighted by molar-refractivity contribution is -0.144. The van der Waals surface area contributed by atoms with Gasteiger partial charge in [0.25, 0.3) is 0 Å². The minimum atomic E-state index is -1.64. The average Bonchev–Trinajstić information content (AvgIpc) is 2.62. The van der Waals surface area contributed by atoms with Crippen molar-refractivity contribution in [1.29, 1.82) is 0 Å². The van der Waals surface area contributed by atoms with Gasteiger partial charge in [0, 0.05) is 0 Å². The lowest BCUT2D eigenvalue weighted by atomic mass is 10.00. The Morgan fingerprint density at radius 3 is 1.62 bits per heavy atom. The molecular weight excluding hydrogens is 428 g/mol. The fourth-order valence-electron chi connectivity index (χ4n) is 2.69. The van der Waals surface area contributed by atoms with E-state index in [4.69, 9.17) is 15.9 Å². The van der Waals surface area contributed by atoms with Crippen molar-refractivity contribution in [3.8, 4) is 0 Å². The van der Waals surface area contributed by atoms with Crippen molar-refractivity contribution in [3.63, 3.8) is 0 Å². The van der Waals surface area contributed by atoms with Crippen LogP contribution in [-0.4, -0.2) is 75.1 Å². The van der Waals surface area contributed by atoms with Crippen LogP contribution >= 0.6 is 0 Å². The molecule has 0 saturated carbocycles. The molecule has 0 aromatic heterocycles. The molecule has 0 aromatic rings. The number of hydrogen-bond acceptors (Lipinski definition) is 7. The van der Waals surface area contributed by atoms with E-state index in [2.05, 4.69) is 16.0 Å². The van der Waals surface area contributed by atoms with Crippen LogP contribution in [0.4, 0.5) is 0 Å². The molecule has 32 heavy (non-hydrogen) atoms. The van der Waals surface area contributed by atoms with Crippen LogP contribution in [0.5, 0.6) is 0 Å². The standard InChI is InChI=1S/C19H32N4O9/c1-8(2)5-12(19(31)32)22-18(30)15(9(3)4)23-17(29)11(7-14(26)27)21-16(28)10(20)6-13(24)25/h8-12,15H,5-7,20H2,1-4H3,(H,21,28)(H,22,30)(H,23,29)(H,24,25)(H,26,27)(H,31,32). The summed E-state index contributed by atoms with van der Waals surface area (Å²) in [4.78, 5) is 70.5. The number of carbonyl (C=O) groups is 6. The first-order valence-electron chi connectivity index (χ1n) is 9.98. The maximum atomic E-state index is 12.6. The SMILES string of the molecule is CC(C)CC(NC(=O)C(NC(=O)C(CC(=O)O)NC(=O)C(N)CC(=O)O)C(C)C)C(=O)O. The van der Waals surface area contributed by atoms with E-state index in [9.17, 15) is 33.9 Å². The Bertz CT molecular complexity index is 724. The van der Waals surface area contributed by atoms with Crippen molar-refractivity contribution in [3.05, 3.63) is 0 Å². The molecule has 4 atom stereocenters. The predicted molar refractivity (Wildman–Crippen MR) is 110 cm³/mol. The Kier molecular flexibility index (Phi) is 11.9. The zero-order chi connectivity index (χ0) is 25.2. The Hall–Kier alpha value is -3.22. The van der Waals surface area contributed by atoms with Crippen LogP contribution in [0.3, 0.4) is 0 Å². The van der Waals surface area contributed by atoms with Crippen LogP contribution in [0.15, 0.2) is 0 Å². The normalized spacial score (nSPS) is 14.7. The fourth-order valence-corrected chi connectivity index (χ4v) is 2.69. The van der Waals surface area contributed by atoms with Gasteiger partial charge in [-0.2, -0.15) is 0 Å². The van der Waals surface area contributed by atoms with Crippen LogP contribution in [0, 0.1) is 11.8 Å². The first-order valence-corrected chi connectivity index (χ1v) is 9.98. The van der Waals surface area contributed by atoms with E-state index in [0.29, 0.717) is 0 Å². The third-order valence-electron chi connectivity index (χ3n) is 4.31. The zero-order valence-corrected chi connectivity index (χ0v) is 18.5. The molecule has 182 valence electrons. The Morgan fingerprint density at radius 2 is 1.22 bits per heavy atom. The quantitative estimate of drug-likeness (QED) is 0.159. The highest BCUT2D eigenvalue weighted by Crippen LogP contribution is 2.09. The number of amides is 3. The molecule has 3 amide bonds. The largest absolute Gasteiger partial charge is 0.481 e. The number of carboxylic acids is 3. The van der Waals surface area contributed by atoms with Crippen LogP contribution in [0.25, 0.3) is 0 Å². The Morgan fingerprint density at radius 1 is 0.719 bits per heavy atom. The van der Waals surface area contributed by atoms with E-state index < -0.39 is 78.6 Å². The van der Waals surface area contributed by atoms with Crippen molar-refractivity contribution < 1.29 is 44.1 Å². The molecule has 0 aliphatic rings. The number of carboxylic acid groups (broad SMARTS) is 3. The minimum Gasteiger partial charge on any atom is -0.481 e. The van der Waals surface area contributed by atoms with Crippen LogP contribution in [-0.2, 0) is 28.8 Å². The molecule has 0 radical (unpaired) electrons. The van der Waals surface area contributed by atoms with Crippen molar-refractivity contribution in [2.24, 2.45) is 17.6 Å². The predicted octanol–water partition coefficient (Wildman–Crippen LogP) is -1.50. The van der Waals surface area contributed by atoms with E-state index in [-0.39, 0.29) is 12.3 Å². The first-order chi connectivity index (χ1) is 14.6. The minimum absolute atomic E-state index is 0.0336. The summed E-state index contributed by atoms with van der Waals surface area (Å²) in [5.41, 5.74) is 5.43. The molecule has 0 bridgehead atoms. The number of rotatable bonds is 14. The van der Waals surface area contributed by atoms with Gasteiger partial charge in [0.1, 0.15) is 18.1 Å². The van der Waals surface area contributed by atoms with Gasteiger partial charge in [-0.3, -0.25) is 24.0 Å². The van der Waals surface area contributed by atoms with Crippen LogP contribution in [0.1, 0.15) is 47.0 Å². The van der Waals surface area contributed by atoms with Crippen molar-refractivity contribution in [2.45, 2.75) is 71.1 Å². The lowest BCUT2D eigenvalue weighted by Gasteiger charge is -2.27. The summed E-state index contributed by atoms with van der Waals surface area (Å²) in [6, 6.07) is -5.57. The van der Waals surface area contributed by atoms with E-state index in [1.807, 2.05) is 0 Å². The van der Waals surface area contributed by atoms with Gasteiger partial charge in [0.2, 0.25) is 17.7 Å². The smallest absolute Gasteiger partial charge is 0.326 e. The number of hydrogen-bond donors (Lipinski definition) is 7. The lowest BCUT2D eigenvalue weighted by Crippen LogP contribution is -2.59. The van der Waals surface area contributed by atoms with E-state index >= 15 is 0 Å². The molecule has 4 unspecified atom stereocenters. The number of nitrogens with one attached hydrogen (secondary N) is 3. The Balaban J connectivity index is 5.45. The molecule has 13 heteroatoms. The van der Waals surface area contributed by atoms with Crippen molar-refractivity contribution >= 4 is 35.6 Å². The molecule has 0 aromatic carbocycles. The van der Waals surface area contributed by atoms with Gasteiger partial charge in [-0.05, 0) is 18.3 Å². The summed E-state index contributed by atoms with van der Waals surface area (Å²) in [6.45, 7) is 6.71. The molecule has 0 spiro atoms. The molecule has 0 aliphatic carbocycles. The molecule has 0 heterocycles. The molecule has 0 rings (SSSR count). The maximum Gasteiger partial charge on any atom is 0.326 e. The van der Waals surface area contributed by atoms with E-state index in [1.165, 1.54) is 0 Å². The summed E-state index contributed by atoms with van der Waals surface area (Å²) in [5.74, 6) is -7.45. The summed E-state index contributed by atoms with van der Waals surface area (Å²) in [5, 5.41) is 33.8. The fraction of sp³-hybridized carbons (Fsp3) is 0.684. The van der Waals surface area contributed by atoms with Gasteiger partial charge in [-0.25, -0.2) is 4.79 Å². The summed E-state index contributed by atoms with van der Waals surface area (Å²) < 4.78 is 0. The molecule has 0 saturated heterocycles. The van der Waals surface area contributed by atoms with Crippen molar-refractivity contribution in [2.75, 3.05) is 0 Å².